The highest BCUT2D eigenvalue weighted by Gasteiger charge is 2.06. The number of hydrogen-bond acceptors (Lipinski definition) is 2. The largest absolute Gasteiger partial charge is 0.379 e. The Labute approximate surface area is 127 Å². The van der Waals surface area contributed by atoms with E-state index in [-0.39, 0.29) is 12.0 Å². The van der Waals surface area contributed by atoms with Crippen LogP contribution in [0.3, 0.4) is 0 Å². The molecule has 1 aromatic carbocycles. The number of carbonyl (C=O) groups excluding carboxylic acids is 1. The highest BCUT2D eigenvalue weighted by molar-refractivity contribution is 9.10. The van der Waals surface area contributed by atoms with Crippen LogP contribution in [0.25, 0.3) is 0 Å². The van der Waals surface area contributed by atoms with Gasteiger partial charge >= 0.3 is 0 Å². The zero-order valence-electron chi connectivity index (χ0n) is 11.2. The topological polar surface area (TPSA) is 38.3 Å². The summed E-state index contributed by atoms with van der Waals surface area (Å²) in [6, 6.07) is 5.16. The molecule has 106 valence electrons. The highest BCUT2D eigenvalue weighted by Crippen LogP contribution is 2.19. The van der Waals surface area contributed by atoms with Crippen LogP contribution >= 0.6 is 27.5 Å². The maximum atomic E-state index is 11.9. The fourth-order valence-electron chi connectivity index (χ4n) is 1.54. The number of hydrogen-bond donors (Lipinski definition) is 1. The lowest BCUT2D eigenvalue weighted by Crippen LogP contribution is -2.24. The number of nitrogens with one attached hydrogen (secondary N) is 1. The van der Waals surface area contributed by atoms with Crippen molar-refractivity contribution in [3.05, 3.63) is 33.3 Å². The van der Waals surface area contributed by atoms with E-state index < -0.39 is 0 Å². The molecule has 0 fully saturated rings. The molecule has 1 aromatic rings. The van der Waals surface area contributed by atoms with Gasteiger partial charge in [-0.25, -0.2) is 0 Å². The predicted octanol–water partition coefficient (Wildman–Crippen LogP) is 4.04. The van der Waals surface area contributed by atoms with Gasteiger partial charge in [-0.2, -0.15) is 0 Å². The minimum Gasteiger partial charge on any atom is -0.379 e. The predicted molar refractivity (Wildman–Crippen MR) is 81.8 cm³/mol. The second-order valence-electron chi connectivity index (χ2n) is 4.54. The maximum absolute atomic E-state index is 11.9. The number of amides is 1. The van der Waals surface area contributed by atoms with Crippen LogP contribution in [0.5, 0.6) is 0 Å². The lowest BCUT2D eigenvalue weighted by molar-refractivity contribution is 0.0754. The van der Waals surface area contributed by atoms with Crippen molar-refractivity contribution >= 4 is 33.4 Å². The SMILES string of the molecule is CC(C)OCCCCNC(=O)c1cc(Cl)cc(Br)c1. The van der Waals surface area contributed by atoms with Crippen LogP contribution in [0.15, 0.2) is 22.7 Å². The van der Waals surface area contributed by atoms with E-state index in [0.717, 1.165) is 23.9 Å². The molecule has 1 amide bonds. The number of benzene rings is 1. The standard InChI is InChI=1S/C14H19BrClNO2/c1-10(2)19-6-4-3-5-17-14(18)11-7-12(15)9-13(16)8-11/h7-10H,3-6H2,1-2H3,(H,17,18). The van der Waals surface area contributed by atoms with Crippen molar-refractivity contribution in [2.75, 3.05) is 13.2 Å². The molecule has 0 bridgehead atoms. The quantitative estimate of drug-likeness (QED) is 0.755. The van der Waals surface area contributed by atoms with Gasteiger partial charge in [-0.15, -0.1) is 0 Å². The summed E-state index contributed by atoms with van der Waals surface area (Å²) >= 11 is 9.22. The van der Waals surface area contributed by atoms with Crippen LogP contribution in [0.2, 0.25) is 5.02 Å². The van der Waals surface area contributed by atoms with Crippen LogP contribution < -0.4 is 5.32 Å². The molecule has 0 unspecified atom stereocenters. The van der Waals surface area contributed by atoms with Crippen molar-refractivity contribution in [3.63, 3.8) is 0 Å². The van der Waals surface area contributed by atoms with Crippen LogP contribution in [0, 0.1) is 0 Å². The van der Waals surface area contributed by atoms with Crippen molar-refractivity contribution in [2.45, 2.75) is 32.8 Å². The minimum atomic E-state index is -0.104. The number of halogens is 2. The molecular formula is C14H19BrClNO2. The minimum absolute atomic E-state index is 0.104. The number of carbonyl (C=O) groups is 1. The van der Waals surface area contributed by atoms with Crippen molar-refractivity contribution in [1.82, 2.24) is 5.32 Å². The van der Waals surface area contributed by atoms with E-state index in [9.17, 15) is 4.79 Å². The van der Waals surface area contributed by atoms with E-state index >= 15 is 0 Å². The summed E-state index contributed by atoms with van der Waals surface area (Å²) in [6.07, 6.45) is 2.11. The maximum Gasteiger partial charge on any atom is 0.251 e. The highest BCUT2D eigenvalue weighted by atomic mass is 79.9. The van der Waals surface area contributed by atoms with Crippen molar-refractivity contribution in [3.8, 4) is 0 Å². The number of rotatable bonds is 7. The van der Waals surface area contributed by atoms with Crippen molar-refractivity contribution in [2.24, 2.45) is 0 Å². The molecule has 0 saturated carbocycles. The lowest BCUT2D eigenvalue weighted by atomic mass is 10.2. The van der Waals surface area contributed by atoms with Gasteiger partial charge in [0.25, 0.3) is 5.91 Å². The van der Waals surface area contributed by atoms with Gasteiger partial charge in [-0.1, -0.05) is 27.5 Å². The van der Waals surface area contributed by atoms with Gasteiger partial charge < -0.3 is 10.1 Å². The Hall–Kier alpha value is -0.580. The third-order valence-electron chi connectivity index (χ3n) is 2.43. The van der Waals surface area contributed by atoms with E-state index in [1.807, 2.05) is 13.8 Å². The number of unbranched alkanes of at least 4 members (excludes halogenated alkanes) is 1. The molecule has 0 saturated heterocycles. The third-order valence-corrected chi connectivity index (χ3v) is 3.11. The van der Waals surface area contributed by atoms with E-state index in [2.05, 4.69) is 21.2 Å². The second-order valence-corrected chi connectivity index (χ2v) is 5.89. The Balaban J connectivity index is 2.27. The summed E-state index contributed by atoms with van der Waals surface area (Å²) in [7, 11) is 0. The molecule has 0 radical (unpaired) electrons. The van der Waals surface area contributed by atoms with Gasteiger partial charge in [0, 0.05) is 28.2 Å². The van der Waals surface area contributed by atoms with Gasteiger partial charge in [-0.3, -0.25) is 4.79 Å². The van der Waals surface area contributed by atoms with Crippen LogP contribution in [0.4, 0.5) is 0 Å². The molecule has 1 rings (SSSR count). The fraction of sp³-hybridized carbons (Fsp3) is 0.500. The van der Waals surface area contributed by atoms with Crippen LogP contribution in [-0.4, -0.2) is 25.2 Å². The first-order chi connectivity index (χ1) is 8.99. The molecule has 0 aliphatic carbocycles. The molecule has 19 heavy (non-hydrogen) atoms. The van der Waals surface area contributed by atoms with Crippen LogP contribution in [0.1, 0.15) is 37.0 Å². The molecule has 3 nitrogen and oxygen atoms in total. The zero-order chi connectivity index (χ0) is 14.3. The fourth-order valence-corrected chi connectivity index (χ4v) is 2.40. The van der Waals surface area contributed by atoms with E-state index in [4.69, 9.17) is 16.3 Å². The average molecular weight is 349 g/mol. The molecular weight excluding hydrogens is 330 g/mol. The summed E-state index contributed by atoms with van der Waals surface area (Å²) < 4.78 is 6.23. The third kappa shape index (κ3) is 6.95. The molecule has 0 heterocycles. The monoisotopic (exact) mass is 347 g/mol. The summed E-state index contributed by atoms with van der Waals surface area (Å²) in [5, 5.41) is 3.41. The zero-order valence-corrected chi connectivity index (χ0v) is 13.6. The Morgan fingerprint density at radius 1 is 1.37 bits per heavy atom. The van der Waals surface area contributed by atoms with Crippen molar-refractivity contribution in [1.29, 1.82) is 0 Å². The molecule has 0 spiro atoms. The Morgan fingerprint density at radius 3 is 2.74 bits per heavy atom. The van der Waals surface area contributed by atoms with E-state index in [1.165, 1.54) is 0 Å². The smallest absolute Gasteiger partial charge is 0.251 e. The van der Waals surface area contributed by atoms with Crippen LogP contribution in [-0.2, 0) is 4.74 Å². The van der Waals surface area contributed by atoms with Gasteiger partial charge in [-0.05, 0) is 44.9 Å². The van der Waals surface area contributed by atoms with E-state index in [0.29, 0.717) is 17.1 Å². The number of ether oxygens (including phenoxy) is 1. The molecule has 0 aromatic heterocycles. The Bertz CT molecular complexity index is 404. The van der Waals surface area contributed by atoms with E-state index in [1.54, 1.807) is 18.2 Å². The lowest BCUT2D eigenvalue weighted by Gasteiger charge is -2.08. The van der Waals surface area contributed by atoms with Gasteiger partial charge in [0.05, 0.1) is 6.10 Å². The van der Waals surface area contributed by atoms with Gasteiger partial charge in [0.1, 0.15) is 0 Å². The molecule has 0 atom stereocenters. The first kappa shape index (κ1) is 16.5. The Morgan fingerprint density at radius 2 is 2.11 bits per heavy atom. The molecule has 5 heteroatoms. The molecule has 1 N–H and O–H groups in total. The summed E-state index contributed by atoms with van der Waals surface area (Å²) in [6.45, 7) is 5.40. The summed E-state index contributed by atoms with van der Waals surface area (Å²) in [5.74, 6) is -0.104. The molecule has 0 aliphatic rings. The summed E-state index contributed by atoms with van der Waals surface area (Å²) in [4.78, 5) is 11.9. The second kappa shape index (κ2) is 8.56. The van der Waals surface area contributed by atoms with Gasteiger partial charge in [0.15, 0.2) is 0 Å². The first-order valence-electron chi connectivity index (χ1n) is 6.35. The first-order valence-corrected chi connectivity index (χ1v) is 7.52. The Kier molecular flexibility index (Phi) is 7.42. The van der Waals surface area contributed by atoms with Crippen molar-refractivity contribution < 1.29 is 9.53 Å². The average Bonchev–Trinajstić information content (AvgIpc) is 2.31. The molecule has 0 aliphatic heterocycles. The normalized spacial score (nSPS) is 10.8. The van der Waals surface area contributed by atoms with Gasteiger partial charge in [0.2, 0.25) is 0 Å². The summed E-state index contributed by atoms with van der Waals surface area (Å²) in [5.41, 5.74) is 0.567.